The monoisotopic (exact) mass is 280 g/mol. The van der Waals surface area contributed by atoms with Crippen LogP contribution in [0.3, 0.4) is 0 Å². The number of aromatic nitrogens is 2. The zero-order chi connectivity index (χ0) is 12.5. The Morgan fingerprint density at radius 1 is 1.33 bits per heavy atom. The highest BCUT2D eigenvalue weighted by Gasteiger charge is 2.25. The lowest BCUT2D eigenvalue weighted by Crippen LogP contribution is -2.26. The van der Waals surface area contributed by atoms with Gasteiger partial charge in [0.1, 0.15) is 16.2 Å². The predicted molar refractivity (Wildman–Crippen MR) is 76.3 cm³/mol. The average molecular weight is 280 g/mol. The maximum absolute atomic E-state index is 10.0. The van der Waals surface area contributed by atoms with E-state index < -0.39 is 0 Å². The number of hydrogen-bond acceptors (Lipinski definition) is 5. The van der Waals surface area contributed by atoms with Gasteiger partial charge in [-0.3, -0.25) is 0 Å². The quantitative estimate of drug-likeness (QED) is 0.856. The van der Waals surface area contributed by atoms with Crippen molar-refractivity contribution in [3.05, 3.63) is 17.3 Å². The Morgan fingerprint density at radius 3 is 3.00 bits per heavy atom. The lowest BCUT2D eigenvalue weighted by Gasteiger charge is -2.26. The van der Waals surface area contributed by atoms with Crippen LogP contribution in [0.4, 0.5) is 0 Å². The Morgan fingerprint density at radius 2 is 2.17 bits per heavy atom. The van der Waals surface area contributed by atoms with Crippen molar-refractivity contribution >= 4 is 33.3 Å². The van der Waals surface area contributed by atoms with Crippen molar-refractivity contribution < 1.29 is 5.11 Å². The summed E-state index contributed by atoms with van der Waals surface area (Å²) in [6, 6.07) is 2.15. The third-order valence-electron chi connectivity index (χ3n) is 3.35. The van der Waals surface area contributed by atoms with E-state index in [4.69, 9.17) is 0 Å². The van der Waals surface area contributed by atoms with Crippen LogP contribution < -0.4 is 0 Å². The molecule has 1 aliphatic rings. The lowest BCUT2D eigenvalue weighted by molar-refractivity contribution is 0.137. The van der Waals surface area contributed by atoms with Gasteiger partial charge in [-0.1, -0.05) is 24.6 Å². The first-order valence-electron chi connectivity index (χ1n) is 6.30. The van der Waals surface area contributed by atoms with Crippen LogP contribution in [0.5, 0.6) is 0 Å². The molecule has 2 atom stereocenters. The molecule has 1 saturated carbocycles. The maximum atomic E-state index is 10.0. The van der Waals surface area contributed by atoms with Gasteiger partial charge in [0.2, 0.25) is 0 Å². The van der Waals surface area contributed by atoms with Crippen molar-refractivity contribution in [2.24, 2.45) is 0 Å². The minimum Gasteiger partial charge on any atom is -0.392 e. The number of nitrogens with zero attached hydrogens (tertiary/aromatic N) is 2. The van der Waals surface area contributed by atoms with Gasteiger partial charge >= 0.3 is 0 Å². The van der Waals surface area contributed by atoms with Gasteiger partial charge in [-0.05, 0) is 25.8 Å². The van der Waals surface area contributed by atoms with Gasteiger partial charge in [0.15, 0.2) is 0 Å². The minimum absolute atomic E-state index is 0.187. The summed E-state index contributed by atoms with van der Waals surface area (Å²) >= 11 is 3.42. The molecular weight excluding hydrogens is 264 g/mol. The number of aryl methyl sites for hydroxylation is 1. The van der Waals surface area contributed by atoms with E-state index in [0.29, 0.717) is 0 Å². The fraction of sp³-hybridized carbons (Fsp3) is 0.538. The number of aliphatic hydroxyl groups excluding tert-OH is 1. The molecule has 0 amide bonds. The van der Waals surface area contributed by atoms with Crippen molar-refractivity contribution in [1.29, 1.82) is 0 Å². The molecule has 0 unspecified atom stereocenters. The average Bonchev–Trinajstić information content (AvgIpc) is 2.73. The van der Waals surface area contributed by atoms with Gasteiger partial charge < -0.3 is 5.11 Å². The molecule has 2 aromatic rings. The molecule has 18 heavy (non-hydrogen) atoms. The Bertz CT molecular complexity index is 555. The number of thioether (sulfide) groups is 1. The summed E-state index contributed by atoms with van der Waals surface area (Å²) in [5, 5.41) is 12.5. The molecule has 0 aromatic carbocycles. The second kappa shape index (κ2) is 5.15. The van der Waals surface area contributed by atoms with Crippen molar-refractivity contribution in [2.75, 3.05) is 0 Å². The first kappa shape index (κ1) is 12.4. The molecule has 1 aliphatic carbocycles. The van der Waals surface area contributed by atoms with Crippen molar-refractivity contribution in [1.82, 2.24) is 9.97 Å². The third kappa shape index (κ3) is 2.39. The molecule has 96 valence electrons. The Labute approximate surface area is 115 Å². The zero-order valence-electron chi connectivity index (χ0n) is 10.3. The van der Waals surface area contributed by atoms with Gasteiger partial charge in [-0.2, -0.15) is 0 Å². The van der Waals surface area contributed by atoms with Crippen LogP contribution in [0.25, 0.3) is 10.2 Å². The smallest absolute Gasteiger partial charge is 0.128 e. The molecule has 2 aromatic heterocycles. The van der Waals surface area contributed by atoms with Crippen LogP contribution in [0.2, 0.25) is 0 Å². The van der Waals surface area contributed by atoms with Gasteiger partial charge in [0.25, 0.3) is 0 Å². The van der Waals surface area contributed by atoms with Gasteiger partial charge in [-0.25, -0.2) is 9.97 Å². The summed E-state index contributed by atoms with van der Waals surface area (Å²) in [6.45, 7) is 2.09. The van der Waals surface area contributed by atoms with Crippen LogP contribution in [0, 0.1) is 6.92 Å². The zero-order valence-corrected chi connectivity index (χ0v) is 11.9. The first-order chi connectivity index (χ1) is 8.74. The summed E-state index contributed by atoms with van der Waals surface area (Å²) in [6.07, 6.45) is 5.82. The van der Waals surface area contributed by atoms with Crippen LogP contribution >= 0.6 is 23.1 Å². The maximum Gasteiger partial charge on any atom is 0.128 e. The Hall–Kier alpha value is -0.650. The summed E-state index contributed by atoms with van der Waals surface area (Å²) in [7, 11) is 0. The normalized spacial score (nSPS) is 24.6. The van der Waals surface area contributed by atoms with Crippen LogP contribution in [-0.2, 0) is 0 Å². The van der Waals surface area contributed by atoms with E-state index in [-0.39, 0.29) is 11.4 Å². The van der Waals surface area contributed by atoms with Gasteiger partial charge in [0.05, 0.1) is 6.10 Å². The van der Waals surface area contributed by atoms with Crippen LogP contribution in [0.1, 0.15) is 30.6 Å². The Kier molecular flexibility index (Phi) is 3.54. The van der Waals surface area contributed by atoms with Crippen LogP contribution in [-0.4, -0.2) is 26.4 Å². The fourth-order valence-corrected chi connectivity index (χ4v) is 4.57. The molecule has 1 fully saturated rings. The molecule has 5 heteroatoms. The highest BCUT2D eigenvalue weighted by Crippen LogP contribution is 2.37. The molecule has 0 bridgehead atoms. The van der Waals surface area contributed by atoms with Crippen molar-refractivity contribution in [2.45, 2.75) is 49.0 Å². The fourth-order valence-electron chi connectivity index (χ4n) is 2.41. The Balaban J connectivity index is 1.89. The van der Waals surface area contributed by atoms with E-state index >= 15 is 0 Å². The van der Waals surface area contributed by atoms with E-state index in [1.54, 1.807) is 29.4 Å². The highest BCUT2D eigenvalue weighted by atomic mass is 32.2. The number of thiophene rings is 1. The standard InChI is InChI=1S/C13H16N2OS2/c1-8-6-9-12(17-8)14-7-15-13(9)18-11-5-3-2-4-10(11)16/h6-7,10-11,16H,2-5H2,1H3/t10-,11+/m0/s1. The van der Waals surface area contributed by atoms with Crippen molar-refractivity contribution in [3.8, 4) is 0 Å². The van der Waals surface area contributed by atoms with E-state index in [2.05, 4.69) is 23.0 Å². The van der Waals surface area contributed by atoms with E-state index in [1.165, 1.54) is 11.3 Å². The van der Waals surface area contributed by atoms with Gasteiger partial charge in [0, 0.05) is 15.5 Å². The molecule has 0 aliphatic heterocycles. The number of rotatable bonds is 2. The lowest BCUT2D eigenvalue weighted by atomic mass is 9.97. The molecule has 3 nitrogen and oxygen atoms in total. The number of aliphatic hydroxyl groups is 1. The topological polar surface area (TPSA) is 46.0 Å². The van der Waals surface area contributed by atoms with E-state index in [9.17, 15) is 5.11 Å². The second-order valence-electron chi connectivity index (χ2n) is 4.76. The van der Waals surface area contributed by atoms with E-state index in [1.807, 2.05) is 0 Å². The summed E-state index contributed by atoms with van der Waals surface area (Å²) in [4.78, 5) is 11.0. The molecular formula is C13H16N2OS2. The van der Waals surface area contributed by atoms with Crippen molar-refractivity contribution in [3.63, 3.8) is 0 Å². The highest BCUT2D eigenvalue weighted by molar-refractivity contribution is 8.00. The molecule has 0 radical (unpaired) electrons. The minimum atomic E-state index is -0.187. The summed E-state index contributed by atoms with van der Waals surface area (Å²) < 4.78 is 0. The molecule has 3 rings (SSSR count). The SMILES string of the molecule is Cc1cc2c(S[C@@H]3CCCC[C@@H]3O)ncnc2s1. The summed E-state index contributed by atoms with van der Waals surface area (Å²) in [5.41, 5.74) is 0. The second-order valence-corrected chi connectivity index (χ2v) is 7.23. The largest absolute Gasteiger partial charge is 0.392 e. The predicted octanol–water partition coefficient (Wildman–Crippen LogP) is 3.40. The van der Waals surface area contributed by atoms with E-state index in [0.717, 1.165) is 34.5 Å². The van der Waals surface area contributed by atoms with Gasteiger partial charge in [-0.15, -0.1) is 11.3 Å². The summed E-state index contributed by atoms with van der Waals surface area (Å²) in [5.74, 6) is 0. The number of fused-ring (bicyclic) bond motifs is 1. The van der Waals surface area contributed by atoms with Crippen LogP contribution in [0.15, 0.2) is 17.4 Å². The molecule has 1 N–H and O–H groups in total. The molecule has 0 saturated heterocycles. The molecule has 2 heterocycles. The number of hydrogen-bond donors (Lipinski definition) is 1. The third-order valence-corrected chi connectivity index (χ3v) is 5.71. The first-order valence-corrected chi connectivity index (χ1v) is 7.99. The molecule has 0 spiro atoms.